The predicted molar refractivity (Wildman–Crippen MR) is 94.2 cm³/mol. The Bertz CT molecular complexity index is 627. The van der Waals surface area contributed by atoms with Gasteiger partial charge in [-0.2, -0.15) is 0 Å². The SMILES string of the molecule is C[C@]12CCC(=O)C(SCF)=C1CC[C@@H]1[C@H]2CC[C@]2(C)C(=O)CC[C@@H]12. The van der Waals surface area contributed by atoms with E-state index in [2.05, 4.69) is 13.8 Å². The number of thioether (sulfide) groups is 1. The number of hydrogen-bond acceptors (Lipinski definition) is 3. The van der Waals surface area contributed by atoms with Gasteiger partial charge in [0.25, 0.3) is 0 Å². The molecule has 0 spiro atoms. The maximum Gasteiger partial charge on any atom is 0.169 e. The van der Waals surface area contributed by atoms with E-state index in [-0.39, 0.29) is 16.6 Å². The minimum absolute atomic E-state index is 0.0430. The van der Waals surface area contributed by atoms with Crippen LogP contribution in [0.15, 0.2) is 10.5 Å². The van der Waals surface area contributed by atoms with Crippen LogP contribution in [0.25, 0.3) is 0 Å². The molecule has 4 rings (SSSR count). The molecule has 24 heavy (non-hydrogen) atoms. The summed E-state index contributed by atoms with van der Waals surface area (Å²) in [6.07, 6.45) is 7.37. The lowest BCUT2D eigenvalue weighted by atomic mass is 9.47. The van der Waals surface area contributed by atoms with Crippen LogP contribution in [0.1, 0.15) is 65.2 Å². The van der Waals surface area contributed by atoms with E-state index < -0.39 is 6.01 Å². The molecule has 0 aromatic carbocycles. The summed E-state index contributed by atoms with van der Waals surface area (Å²) in [7, 11) is 0. The van der Waals surface area contributed by atoms with E-state index in [1.165, 1.54) is 5.57 Å². The molecule has 0 aromatic rings. The van der Waals surface area contributed by atoms with Crippen LogP contribution < -0.4 is 0 Å². The molecule has 4 heteroatoms. The van der Waals surface area contributed by atoms with Crippen molar-refractivity contribution in [2.75, 3.05) is 6.01 Å². The molecule has 4 aliphatic rings. The molecule has 3 fully saturated rings. The van der Waals surface area contributed by atoms with Crippen LogP contribution in [-0.2, 0) is 9.59 Å². The van der Waals surface area contributed by atoms with Gasteiger partial charge in [0.05, 0.1) is 4.91 Å². The summed E-state index contributed by atoms with van der Waals surface area (Å²) in [6, 6.07) is -0.510. The third-order valence-corrected chi connectivity index (χ3v) is 8.85. The maximum atomic E-state index is 13.0. The van der Waals surface area contributed by atoms with Crippen molar-refractivity contribution in [2.24, 2.45) is 28.6 Å². The van der Waals surface area contributed by atoms with Gasteiger partial charge >= 0.3 is 0 Å². The molecule has 0 bridgehead atoms. The minimum atomic E-state index is -0.510. The van der Waals surface area contributed by atoms with E-state index in [1.807, 2.05) is 0 Å². The van der Waals surface area contributed by atoms with Crippen LogP contribution in [-0.4, -0.2) is 17.6 Å². The highest BCUT2D eigenvalue weighted by Gasteiger charge is 2.59. The second kappa shape index (κ2) is 5.69. The van der Waals surface area contributed by atoms with Gasteiger partial charge in [-0.25, -0.2) is 4.39 Å². The number of ketones is 2. The fourth-order valence-electron chi connectivity index (χ4n) is 6.66. The van der Waals surface area contributed by atoms with Crippen molar-refractivity contribution in [3.63, 3.8) is 0 Å². The Kier molecular flexibility index (Phi) is 3.98. The highest BCUT2D eigenvalue weighted by Crippen LogP contribution is 2.65. The standard InChI is InChI=1S/C20H27FO2S/c1-19-10-8-16(22)18(24-11-21)15(19)4-3-12-13-5-6-17(23)20(13,2)9-7-14(12)19/h12-14H,3-11H2,1-2H3/t12-,13-,14+,19+,20-/m0/s1. The Balaban J connectivity index is 1.72. The van der Waals surface area contributed by atoms with Crippen molar-refractivity contribution in [1.82, 2.24) is 0 Å². The molecule has 132 valence electrons. The van der Waals surface area contributed by atoms with Crippen molar-refractivity contribution < 1.29 is 14.0 Å². The van der Waals surface area contributed by atoms with Crippen molar-refractivity contribution in [3.8, 4) is 0 Å². The molecule has 0 aromatic heterocycles. The van der Waals surface area contributed by atoms with Gasteiger partial charge in [0.1, 0.15) is 11.8 Å². The van der Waals surface area contributed by atoms with Crippen molar-refractivity contribution in [1.29, 1.82) is 0 Å². The summed E-state index contributed by atoms with van der Waals surface area (Å²) in [6.45, 7) is 4.52. The lowest BCUT2D eigenvalue weighted by molar-refractivity contribution is -0.132. The number of carbonyl (C=O) groups excluding carboxylic acids is 2. The van der Waals surface area contributed by atoms with E-state index in [9.17, 15) is 14.0 Å². The molecule has 0 heterocycles. The van der Waals surface area contributed by atoms with Gasteiger partial charge in [0, 0.05) is 18.3 Å². The first-order valence-corrected chi connectivity index (χ1v) is 10.4. The molecule has 0 amide bonds. The van der Waals surface area contributed by atoms with E-state index in [4.69, 9.17) is 0 Å². The molecule has 2 nitrogen and oxygen atoms in total. The average molecular weight is 350 g/mol. The number of hydrogen-bond donors (Lipinski definition) is 0. The summed E-state index contributed by atoms with van der Waals surface area (Å²) in [5.74, 6) is 2.32. The fourth-order valence-corrected chi connectivity index (χ4v) is 7.54. The Morgan fingerprint density at radius 3 is 2.50 bits per heavy atom. The lowest BCUT2D eigenvalue weighted by Crippen LogP contribution is -2.51. The summed E-state index contributed by atoms with van der Waals surface area (Å²) < 4.78 is 13.0. The van der Waals surface area contributed by atoms with Crippen LogP contribution in [0.2, 0.25) is 0 Å². The van der Waals surface area contributed by atoms with Crippen LogP contribution in [0.5, 0.6) is 0 Å². The quantitative estimate of drug-likeness (QED) is 0.697. The molecular formula is C20H27FO2S. The maximum absolute atomic E-state index is 13.0. The highest BCUT2D eigenvalue weighted by atomic mass is 32.2. The van der Waals surface area contributed by atoms with Gasteiger partial charge in [0.2, 0.25) is 0 Å². The van der Waals surface area contributed by atoms with Crippen molar-refractivity contribution in [2.45, 2.75) is 65.2 Å². The summed E-state index contributed by atoms with van der Waals surface area (Å²) in [5, 5.41) is 0. The number of fused-ring (bicyclic) bond motifs is 5. The number of carbonyl (C=O) groups is 2. The van der Waals surface area contributed by atoms with Gasteiger partial charge in [-0.15, -0.1) is 0 Å². The smallest absolute Gasteiger partial charge is 0.169 e. The van der Waals surface area contributed by atoms with Gasteiger partial charge in [-0.05, 0) is 67.3 Å². The lowest BCUT2D eigenvalue weighted by Gasteiger charge is -2.57. The first-order valence-electron chi connectivity index (χ1n) is 9.40. The Morgan fingerprint density at radius 1 is 1.00 bits per heavy atom. The second-order valence-electron chi connectivity index (χ2n) is 8.74. The third-order valence-electron chi connectivity index (χ3n) is 7.98. The molecule has 4 aliphatic carbocycles. The normalized spacial score (nSPS) is 45.0. The molecular weight excluding hydrogens is 323 g/mol. The minimum Gasteiger partial charge on any atom is -0.299 e. The van der Waals surface area contributed by atoms with E-state index in [1.54, 1.807) is 0 Å². The molecule has 0 saturated heterocycles. The zero-order valence-electron chi connectivity index (χ0n) is 14.7. The Morgan fingerprint density at radius 2 is 1.75 bits per heavy atom. The van der Waals surface area contributed by atoms with Crippen LogP contribution in [0.4, 0.5) is 4.39 Å². The first-order chi connectivity index (χ1) is 11.4. The van der Waals surface area contributed by atoms with Crippen LogP contribution in [0.3, 0.4) is 0 Å². The molecule has 0 radical (unpaired) electrons. The Labute approximate surface area is 148 Å². The van der Waals surface area contributed by atoms with Crippen LogP contribution in [0, 0.1) is 28.6 Å². The molecule has 3 saturated carbocycles. The summed E-state index contributed by atoms with van der Waals surface area (Å²) >= 11 is 1.11. The number of rotatable bonds is 2. The Hall–Kier alpha value is -0.640. The summed E-state index contributed by atoms with van der Waals surface area (Å²) in [4.78, 5) is 25.5. The molecule has 0 N–H and O–H groups in total. The topological polar surface area (TPSA) is 34.1 Å². The number of alkyl halides is 1. The van der Waals surface area contributed by atoms with Gasteiger partial charge < -0.3 is 0 Å². The monoisotopic (exact) mass is 350 g/mol. The predicted octanol–water partition coefficient (Wildman–Crippen LogP) is 5.08. The number of Topliss-reactive ketones (excluding diaryl/α,β-unsaturated/α-hetero) is 2. The third kappa shape index (κ3) is 2.14. The second-order valence-corrected chi connectivity index (χ2v) is 9.65. The molecule has 5 atom stereocenters. The number of allylic oxidation sites excluding steroid dienone is 1. The van der Waals surface area contributed by atoms with E-state index >= 15 is 0 Å². The average Bonchev–Trinajstić information content (AvgIpc) is 2.86. The fraction of sp³-hybridized carbons (Fsp3) is 0.800. The van der Waals surface area contributed by atoms with Crippen molar-refractivity contribution in [3.05, 3.63) is 10.5 Å². The number of halogens is 1. The van der Waals surface area contributed by atoms with Gasteiger partial charge in [-0.1, -0.05) is 25.6 Å². The first kappa shape index (κ1) is 16.8. The highest BCUT2D eigenvalue weighted by molar-refractivity contribution is 8.03. The molecule has 0 unspecified atom stereocenters. The van der Waals surface area contributed by atoms with Gasteiger partial charge in [-0.3, -0.25) is 9.59 Å². The largest absolute Gasteiger partial charge is 0.299 e. The van der Waals surface area contributed by atoms with E-state index in [0.717, 1.165) is 61.6 Å². The summed E-state index contributed by atoms with van der Waals surface area (Å²) in [5.41, 5.74) is 1.19. The van der Waals surface area contributed by atoms with Gasteiger partial charge in [0.15, 0.2) is 5.78 Å². The zero-order valence-corrected chi connectivity index (χ0v) is 15.5. The van der Waals surface area contributed by atoms with Crippen LogP contribution >= 0.6 is 11.8 Å². The van der Waals surface area contributed by atoms with Crippen molar-refractivity contribution >= 4 is 23.3 Å². The molecule has 0 aliphatic heterocycles. The zero-order chi connectivity index (χ0) is 17.1. The van der Waals surface area contributed by atoms with E-state index in [0.29, 0.717) is 30.0 Å².